The molecule has 0 aromatic rings. The van der Waals surface area contributed by atoms with Gasteiger partial charge in [0.15, 0.2) is 0 Å². The van der Waals surface area contributed by atoms with E-state index in [1.165, 1.54) is 12.8 Å². The number of halogens is 3. The molecule has 1 saturated carbocycles. The van der Waals surface area contributed by atoms with Crippen molar-refractivity contribution < 1.29 is 27.9 Å². The highest BCUT2D eigenvalue weighted by Crippen LogP contribution is 2.24. The van der Waals surface area contributed by atoms with E-state index in [1.807, 2.05) is 6.92 Å². The number of carbonyl (C=O) groups is 2. The van der Waals surface area contributed by atoms with Crippen molar-refractivity contribution in [3.05, 3.63) is 0 Å². The third-order valence-corrected chi connectivity index (χ3v) is 2.32. The van der Waals surface area contributed by atoms with E-state index in [0.717, 1.165) is 19.4 Å². The summed E-state index contributed by atoms with van der Waals surface area (Å²) in [5.74, 6) is -2.16. The summed E-state index contributed by atoms with van der Waals surface area (Å²) in [6.07, 6.45) is -0.402. The smallest absolute Gasteiger partial charge is 0.475 e. The molecule has 0 heterocycles. The van der Waals surface area contributed by atoms with Gasteiger partial charge < -0.3 is 10.4 Å². The van der Waals surface area contributed by atoms with Crippen molar-refractivity contribution in [3.63, 3.8) is 0 Å². The fraction of sp³-hybridized carbons (Fsp3) is 0.800. The molecule has 0 spiro atoms. The number of alkyl halides is 3. The third-order valence-electron chi connectivity index (χ3n) is 2.32. The lowest BCUT2D eigenvalue weighted by Crippen LogP contribution is -2.28. The lowest BCUT2D eigenvalue weighted by Gasteiger charge is -2.07. The topological polar surface area (TPSA) is 66.4 Å². The molecule has 4 nitrogen and oxygen atoms in total. The molecule has 0 atom stereocenters. The van der Waals surface area contributed by atoms with Crippen LogP contribution in [0.3, 0.4) is 0 Å². The molecule has 0 aliphatic heterocycles. The van der Waals surface area contributed by atoms with E-state index in [2.05, 4.69) is 5.32 Å². The van der Waals surface area contributed by atoms with Crippen molar-refractivity contribution in [1.29, 1.82) is 0 Å². The molecule has 7 heteroatoms. The molecule has 0 saturated heterocycles. The van der Waals surface area contributed by atoms with Gasteiger partial charge in [-0.05, 0) is 19.8 Å². The number of carbonyl (C=O) groups excluding carboxylic acids is 1. The molecule has 1 aliphatic carbocycles. The first-order valence-electron chi connectivity index (χ1n) is 5.36. The first-order valence-corrected chi connectivity index (χ1v) is 5.36. The van der Waals surface area contributed by atoms with Gasteiger partial charge in [0.25, 0.3) is 0 Å². The summed E-state index contributed by atoms with van der Waals surface area (Å²) in [5.41, 5.74) is 0. The quantitative estimate of drug-likeness (QED) is 0.792. The summed E-state index contributed by atoms with van der Waals surface area (Å²) in [7, 11) is 0. The Morgan fingerprint density at radius 3 is 2.00 bits per heavy atom. The van der Waals surface area contributed by atoms with Crippen LogP contribution in [-0.2, 0) is 9.59 Å². The maximum absolute atomic E-state index is 11.1. The van der Waals surface area contributed by atoms with Crippen molar-refractivity contribution in [2.75, 3.05) is 6.54 Å². The summed E-state index contributed by atoms with van der Waals surface area (Å²) < 4.78 is 31.7. The largest absolute Gasteiger partial charge is 0.490 e. The first-order chi connectivity index (χ1) is 7.79. The number of nitrogens with one attached hydrogen (secondary N) is 1. The number of rotatable bonds is 2. The van der Waals surface area contributed by atoms with Crippen LogP contribution in [0.4, 0.5) is 13.2 Å². The minimum absolute atomic E-state index is 0.264. The Hall–Kier alpha value is -1.27. The molecule has 2 N–H and O–H groups in total. The normalized spacial score (nSPS) is 16.0. The van der Waals surface area contributed by atoms with Crippen molar-refractivity contribution in [1.82, 2.24) is 5.32 Å². The SMILES string of the molecule is CCNC(=O)C1CCCC1.O=C(O)C(F)(F)F. The van der Waals surface area contributed by atoms with Crippen LogP contribution in [-0.4, -0.2) is 29.7 Å². The van der Waals surface area contributed by atoms with Gasteiger partial charge in [-0.25, -0.2) is 4.79 Å². The molecule has 0 unspecified atom stereocenters. The van der Waals surface area contributed by atoms with Gasteiger partial charge in [-0.3, -0.25) is 4.79 Å². The van der Waals surface area contributed by atoms with Crippen LogP contribution >= 0.6 is 0 Å². The van der Waals surface area contributed by atoms with Crippen molar-refractivity contribution >= 4 is 11.9 Å². The van der Waals surface area contributed by atoms with Gasteiger partial charge in [0.1, 0.15) is 0 Å². The molecule has 0 aromatic carbocycles. The van der Waals surface area contributed by atoms with Crippen LogP contribution in [0, 0.1) is 5.92 Å². The van der Waals surface area contributed by atoms with Gasteiger partial charge in [0.2, 0.25) is 5.91 Å². The van der Waals surface area contributed by atoms with Crippen LogP contribution in [0.25, 0.3) is 0 Å². The predicted octanol–water partition coefficient (Wildman–Crippen LogP) is 1.95. The molecule has 1 aliphatic rings. The second-order valence-electron chi connectivity index (χ2n) is 3.68. The molecule has 1 amide bonds. The zero-order valence-corrected chi connectivity index (χ0v) is 9.51. The molecular formula is C10H16F3NO3. The average molecular weight is 255 g/mol. The van der Waals surface area contributed by atoms with E-state index < -0.39 is 12.1 Å². The van der Waals surface area contributed by atoms with Crippen molar-refractivity contribution in [2.45, 2.75) is 38.8 Å². The Kier molecular flexibility index (Phi) is 6.60. The highest BCUT2D eigenvalue weighted by molar-refractivity contribution is 5.78. The Bertz CT molecular complexity index is 260. The van der Waals surface area contributed by atoms with E-state index in [0.29, 0.717) is 5.92 Å². The minimum atomic E-state index is -5.08. The molecule has 100 valence electrons. The molecular weight excluding hydrogens is 239 g/mol. The number of carboxylic acid groups (broad SMARTS) is 1. The lowest BCUT2D eigenvalue weighted by atomic mass is 10.1. The van der Waals surface area contributed by atoms with E-state index in [1.54, 1.807) is 0 Å². The van der Waals surface area contributed by atoms with Crippen LogP contribution in [0.15, 0.2) is 0 Å². The molecule has 0 aromatic heterocycles. The van der Waals surface area contributed by atoms with E-state index in [-0.39, 0.29) is 5.91 Å². The van der Waals surface area contributed by atoms with Gasteiger partial charge in [-0.2, -0.15) is 13.2 Å². The van der Waals surface area contributed by atoms with Gasteiger partial charge in [-0.15, -0.1) is 0 Å². The maximum atomic E-state index is 11.1. The zero-order valence-electron chi connectivity index (χ0n) is 9.51. The lowest BCUT2D eigenvalue weighted by molar-refractivity contribution is -0.192. The number of hydrogen-bond donors (Lipinski definition) is 2. The average Bonchev–Trinajstić information content (AvgIpc) is 2.70. The molecule has 0 radical (unpaired) electrons. The summed E-state index contributed by atoms with van der Waals surface area (Å²) in [6.45, 7) is 2.74. The van der Waals surface area contributed by atoms with E-state index in [9.17, 15) is 18.0 Å². The summed E-state index contributed by atoms with van der Waals surface area (Å²) in [5, 5.41) is 9.97. The Morgan fingerprint density at radius 1 is 1.29 bits per heavy atom. The second-order valence-corrected chi connectivity index (χ2v) is 3.68. The zero-order chi connectivity index (χ0) is 13.5. The summed E-state index contributed by atoms with van der Waals surface area (Å²) >= 11 is 0. The van der Waals surface area contributed by atoms with Gasteiger partial charge in [0, 0.05) is 12.5 Å². The van der Waals surface area contributed by atoms with Crippen LogP contribution in [0.5, 0.6) is 0 Å². The highest BCUT2D eigenvalue weighted by atomic mass is 19.4. The van der Waals surface area contributed by atoms with Gasteiger partial charge in [0.05, 0.1) is 0 Å². The molecule has 17 heavy (non-hydrogen) atoms. The van der Waals surface area contributed by atoms with Crippen molar-refractivity contribution in [3.8, 4) is 0 Å². The Balaban J connectivity index is 0.000000325. The molecule has 0 bridgehead atoms. The predicted molar refractivity (Wildman–Crippen MR) is 54.3 cm³/mol. The second kappa shape index (κ2) is 7.13. The molecule has 1 fully saturated rings. The maximum Gasteiger partial charge on any atom is 0.490 e. The number of carboxylic acids is 1. The monoisotopic (exact) mass is 255 g/mol. The fourth-order valence-electron chi connectivity index (χ4n) is 1.51. The third kappa shape index (κ3) is 6.80. The van der Waals surface area contributed by atoms with Crippen molar-refractivity contribution in [2.24, 2.45) is 5.92 Å². The fourth-order valence-corrected chi connectivity index (χ4v) is 1.51. The number of amides is 1. The number of hydrogen-bond acceptors (Lipinski definition) is 2. The minimum Gasteiger partial charge on any atom is -0.475 e. The highest BCUT2D eigenvalue weighted by Gasteiger charge is 2.38. The van der Waals surface area contributed by atoms with Crippen LogP contribution in [0.1, 0.15) is 32.6 Å². The van der Waals surface area contributed by atoms with Gasteiger partial charge in [-0.1, -0.05) is 12.8 Å². The molecule has 1 rings (SSSR count). The Morgan fingerprint density at radius 2 is 1.71 bits per heavy atom. The van der Waals surface area contributed by atoms with E-state index in [4.69, 9.17) is 9.90 Å². The number of aliphatic carboxylic acids is 1. The Labute approximate surface area is 97.2 Å². The summed E-state index contributed by atoms with van der Waals surface area (Å²) in [6, 6.07) is 0. The summed E-state index contributed by atoms with van der Waals surface area (Å²) in [4.78, 5) is 20.0. The van der Waals surface area contributed by atoms with Crippen LogP contribution < -0.4 is 5.32 Å². The van der Waals surface area contributed by atoms with E-state index >= 15 is 0 Å². The van der Waals surface area contributed by atoms with Crippen LogP contribution in [0.2, 0.25) is 0 Å². The standard InChI is InChI=1S/C8H15NO.C2HF3O2/c1-2-9-8(10)7-5-3-4-6-7;3-2(4,5)1(6)7/h7H,2-6H2,1H3,(H,9,10);(H,6,7). The first kappa shape index (κ1) is 15.7. The van der Waals surface area contributed by atoms with Gasteiger partial charge >= 0.3 is 12.1 Å².